The van der Waals surface area contributed by atoms with Crippen LogP contribution in [-0.2, 0) is 6.54 Å². The van der Waals surface area contributed by atoms with E-state index in [-0.39, 0.29) is 0 Å². The van der Waals surface area contributed by atoms with Gasteiger partial charge in [-0.1, -0.05) is 41.9 Å². The Kier molecular flexibility index (Phi) is 6.19. The van der Waals surface area contributed by atoms with Crippen LogP contribution in [0.15, 0.2) is 79.1 Å². The monoisotopic (exact) mass is 444 g/mol. The minimum Gasteiger partial charge on any atom is -0.492 e. The van der Waals surface area contributed by atoms with E-state index in [1.165, 1.54) is 18.4 Å². The molecule has 2 aromatic carbocycles. The molecule has 0 amide bonds. The summed E-state index contributed by atoms with van der Waals surface area (Å²) in [5.41, 5.74) is 2.20. The molecule has 0 unspecified atom stereocenters. The number of anilines is 2. The smallest absolute Gasteiger partial charge is 0.138 e. The van der Waals surface area contributed by atoms with Crippen molar-refractivity contribution >= 4 is 33.9 Å². The van der Waals surface area contributed by atoms with E-state index in [1.54, 1.807) is 18.5 Å². The van der Waals surface area contributed by atoms with Gasteiger partial charge in [-0.2, -0.15) is 0 Å². The number of aromatic nitrogens is 2. The van der Waals surface area contributed by atoms with Crippen LogP contribution in [0, 0.1) is 0 Å². The minimum absolute atomic E-state index is 0.443. The van der Waals surface area contributed by atoms with E-state index in [9.17, 15) is 0 Å². The molecular weight excluding hydrogens is 420 g/mol. The van der Waals surface area contributed by atoms with E-state index >= 15 is 0 Å². The van der Waals surface area contributed by atoms with Crippen molar-refractivity contribution in [3.05, 3.63) is 89.8 Å². The first-order valence-electron chi connectivity index (χ1n) is 10.9. The molecule has 0 saturated carbocycles. The zero-order valence-electron chi connectivity index (χ0n) is 17.7. The first kappa shape index (κ1) is 20.7. The number of halogens is 1. The molecule has 162 valence electrons. The molecule has 1 fully saturated rings. The van der Waals surface area contributed by atoms with E-state index in [2.05, 4.69) is 62.6 Å². The van der Waals surface area contributed by atoms with E-state index in [1.807, 2.05) is 18.2 Å². The van der Waals surface area contributed by atoms with Crippen molar-refractivity contribution in [1.29, 1.82) is 0 Å². The maximum Gasteiger partial charge on any atom is 0.138 e. The van der Waals surface area contributed by atoms with E-state index < -0.39 is 0 Å². The summed E-state index contributed by atoms with van der Waals surface area (Å²) in [6.45, 7) is 2.80. The van der Waals surface area contributed by atoms with Crippen molar-refractivity contribution in [2.45, 2.75) is 25.4 Å². The molecule has 2 aromatic heterocycles. The second-order valence-corrected chi connectivity index (χ2v) is 8.49. The summed E-state index contributed by atoms with van der Waals surface area (Å²) in [4.78, 5) is 11.1. The van der Waals surface area contributed by atoms with E-state index in [0.717, 1.165) is 41.1 Å². The van der Waals surface area contributed by atoms with Gasteiger partial charge in [-0.15, -0.1) is 0 Å². The maximum absolute atomic E-state index is 6.23. The highest BCUT2D eigenvalue weighted by Gasteiger charge is 2.25. The van der Waals surface area contributed by atoms with Gasteiger partial charge in [-0.3, -0.25) is 4.90 Å². The van der Waals surface area contributed by atoms with Gasteiger partial charge in [0.1, 0.15) is 23.3 Å². The highest BCUT2D eigenvalue weighted by Crippen LogP contribution is 2.28. The molecular formula is C26H25ClN4O. The lowest BCUT2D eigenvalue weighted by Crippen LogP contribution is -2.33. The number of pyridine rings is 2. The number of nitrogens with one attached hydrogen (secondary N) is 1. The Morgan fingerprint density at radius 2 is 1.94 bits per heavy atom. The number of rotatable bonds is 7. The van der Waals surface area contributed by atoms with Gasteiger partial charge in [0.15, 0.2) is 0 Å². The average molecular weight is 445 g/mol. The number of hydrogen-bond acceptors (Lipinski definition) is 5. The number of likely N-dealkylation sites (tertiary alicyclic amines) is 1. The van der Waals surface area contributed by atoms with Crippen LogP contribution in [0.25, 0.3) is 10.8 Å². The van der Waals surface area contributed by atoms with Crippen LogP contribution in [-0.4, -0.2) is 34.1 Å². The van der Waals surface area contributed by atoms with Gasteiger partial charge in [0, 0.05) is 24.2 Å². The molecule has 5 nitrogen and oxygen atoms in total. The first-order valence-corrected chi connectivity index (χ1v) is 11.3. The van der Waals surface area contributed by atoms with Crippen LogP contribution in [0.1, 0.15) is 18.4 Å². The van der Waals surface area contributed by atoms with Crippen LogP contribution < -0.4 is 10.1 Å². The molecule has 1 N–H and O–H groups in total. The molecule has 0 bridgehead atoms. The largest absolute Gasteiger partial charge is 0.492 e. The van der Waals surface area contributed by atoms with Gasteiger partial charge in [0.25, 0.3) is 0 Å². The van der Waals surface area contributed by atoms with Crippen molar-refractivity contribution < 1.29 is 4.74 Å². The highest BCUT2D eigenvalue weighted by molar-refractivity contribution is 6.29. The molecule has 0 aliphatic carbocycles. The Morgan fingerprint density at radius 1 is 1.03 bits per heavy atom. The second-order valence-electron chi connectivity index (χ2n) is 8.10. The van der Waals surface area contributed by atoms with Crippen molar-refractivity contribution in [1.82, 2.24) is 14.9 Å². The van der Waals surface area contributed by atoms with Gasteiger partial charge in [-0.25, -0.2) is 9.97 Å². The second kappa shape index (κ2) is 9.55. The molecule has 1 atom stereocenters. The lowest BCUT2D eigenvalue weighted by Gasteiger charge is -2.24. The molecule has 3 heterocycles. The van der Waals surface area contributed by atoms with Crippen LogP contribution in [0.5, 0.6) is 5.75 Å². The third-order valence-electron chi connectivity index (χ3n) is 5.90. The van der Waals surface area contributed by atoms with Crippen molar-refractivity contribution in [3.8, 4) is 5.75 Å². The SMILES string of the molecule is Clc1ccc(Nc2nccc3cc(OC[C@H]4CCCN4Cc4ccccc4)ccc23)cn1. The average Bonchev–Trinajstić information content (AvgIpc) is 3.27. The molecule has 1 aliphatic rings. The van der Waals surface area contributed by atoms with Crippen molar-refractivity contribution in [2.24, 2.45) is 0 Å². The van der Waals surface area contributed by atoms with Crippen LogP contribution in [0.3, 0.4) is 0 Å². The number of ether oxygens (including phenoxy) is 1. The third kappa shape index (κ3) is 4.85. The third-order valence-corrected chi connectivity index (χ3v) is 6.12. The molecule has 5 rings (SSSR count). The standard InChI is InChI=1S/C26H25ClN4O/c27-25-11-8-21(16-29-25)30-26-24-10-9-23(15-20(24)12-13-28-26)32-18-22-7-4-14-31(22)17-19-5-2-1-3-6-19/h1-3,5-6,8-13,15-16,22H,4,7,14,17-18H2,(H,28,30)/t22-/m1/s1. The van der Waals surface area contributed by atoms with Crippen LogP contribution in [0.2, 0.25) is 5.15 Å². The predicted octanol–water partition coefficient (Wildman–Crippen LogP) is 6.07. The molecule has 1 aliphatic heterocycles. The maximum atomic E-state index is 6.23. The van der Waals surface area contributed by atoms with Gasteiger partial charge in [0.2, 0.25) is 0 Å². The molecule has 1 saturated heterocycles. The van der Waals surface area contributed by atoms with Crippen LogP contribution >= 0.6 is 11.6 Å². The van der Waals surface area contributed by atoms with E-state index in [4.69, 9.17) is 16.3 Å². The summed E-state index contributed by atoms with van der Waals surface area (Å²) in [7, 11) is 0. The summed E-state index contributed by atoms with van der Waals surface area (Å²) in [5, 5.41) is 5.89. The lowest BCUT2D eigenvalue weighted by molar-refractivity contribution is 0.167. The van der Waals surface area contributed by atoms with E-state index in [0.29, 0.717) is 17.8 Å². The van der Waals surface area contributed by atoms with Crippen molar-refractivity contribution in [2.75, 3.05) is 18.5 Å². The van der Waals surface area contributed by atoms with Crippen LogP contribution in [0.4, 0.5) is 11.5 Å². The fraction of sp³-hybridized carbons (Fsp3) is 0.231. The number of hydrogen-bond donors (Lipinski definition) is 1. The summed E-state index contributed by atoms with van der Waals surface area (Å²) >= 11 is 5.88. The zero-order valence-corrected chi connectivity index (χ0v) is 18.5. The van der Waals surface area contributed by atoms with Crippen molar-refractivity contribution in [3.63, 3.8) is 0 Å². The molecule has 32 heavy (non-hydrogen) atoms. The Hall–Kier alpha value is -3.15. The quantitative estimate of drug-likeness (QED) is 0.350. The number of fused-ring (bicyclic) bond motifs is 1. The fourth-order valence-electron chi connectivity index (χ4n) is 4.23. The Bertz CT molecular complexity index is 1180. The molecule has 6 heteroatoms. The topological polar surface area (TPSA) is 50.3 Å². The van der Waals surface area contributed by atoms with Gasteiger partial charge < -0.3 is 10.1 Å². The molecule has 0 spiro atoms. The zero-order chi connectivity index (χ0) is 21.8. The number of nitrogens with zero attached hydrogens (tertiary/aromatic N) is 3. The minimum atomic E-state index is 0.443. The molecule has 0 radical (unpaired) electrons. The summed E-state index contributed by atoms with van der Waals surface area (Å²) in [6, 6.07) is 22.9. The Labute approximate surface area is 193 Å². The molecule has 4 aromatic rings. The predicted molar refractivity (Wildman–Crippen MR) is 130 cm³/mol. The lowest BCUT2D eigenvalue weighted by atomic mass is 10.1. The summed E-state index contributed by atoms with van der Waals surface area (Å²) in [6.07, 6.45) is 5.89. The Morgan fingerprint density at radius 3 is 2.78 bits per heavy atom. The highest BCUT2D eigenvalue weighted by atomic mass is 35.5. The Balaban J connectivity index is 1.26. The fourth-order valence-corrected chi connectivity index (χ4v) is 4.35. The summed E-state index contributed by atoms with van der Waals surface area (Å²) < 4.78 is 6.23. The first-order chi connectivity index (χ1) is 15.7. The van der Waals surface area contributed by atoms with Gasteiger partial charge in [-0.05, 0) is 66.7 Å². The van der Waals surface area contributed by atoms with Gasteiger partial charge in [0.05, 0.1) is 11.9 Å². The summed E-state index contributed by atoms with van der Waals surface area (Å²) in [5.74, 6) is 1.66. The normalized spacial score (nSPS) is 16.3. The van der Waals surface area contributed by atoms with Gasteiger partial charge >= 0.3 is 0 Å². The number of benzene rings is 2.